The molecule has 1 heterocycles. The van der Waals surface area contributed by atoms with Gasteiger partial charge in [0.05, 0.1) is 0 Å². The van der Waals surface area contributed by atoms with E-state index in [2.05, 4.69) is 64.0 Å². The number of piperazine rings is 1. The van der Waals surface area contributed by atoms with Crippen LogP contribution < -0.4 is 0 Å². The third-order valence-electron chi connectivity index (χ3n) is 3.57. The molecule has 1 aliphatic rings. The minimum Gasteiger partial charge on any atom is -0.304 e. The summed E-state index contributed by atoms with van der Waals surface area (Å²) in [6.07, 6.45) is 1.15. The van der Waals surface area contributed by atoms with Crippen LogP contribution in [0.1, 0.15) is 12.5 Å². The summed E-state index contributed by atoms with van der Waals surface area (Å²) in [6.45, 7) is 7.10. The SMILES string of the molecule is CC1CN(C)CCN1CCc1ccc(Br)cc1. The van der Waals surface area contributed by atoms with Gasteiger partial charge in [-0.1, -0.05) is 28.1 Å². The Morgan fingerprint density at radius 2 is 1.94 bits per heavy atom. The maximum Gasteiger partial charge on any atom is 0.0195 e. The van der Waals surface area contributed by atoms with Crippen LogP contribution in [0.4, 0.5) is 0 Å². The van der Waals surface area contributed by atoms with E-state index < -0.39 is 0 Å². The lowest BCUT2D eigenvalue weighted by atomic mass is 10.1. The van der Waals surface area contributed by atoms with E-state index >= 15 is 0 Å². The van der Waals surface area contributed by atoms with Gasteiger partial charge in [0.15, 0.2) is 0 Å². The van der Waals surface area contributed by atoms with Crippen LogP contribution in [0.25, 0.3) is 0 Å². The van der Waals surface area contributed by atoms with E-state index in [9.17, 15) is 0 Å². The minimum atomic E-state index is 0.684. The van der Waals surface area contributed by atoms with Gasteiger partial charge in [0, 0.05) is 36.7 Å². The Bertz CT molecular complexity index is 350. The molecule has 0 spiro atoms. The molecule has 0 radical (unpaired) electrons. The second-order valence-electron chi connectivity index (χ2n) is 5.02. The first-order valence-corrected chi connectivity index (χ1v) is 7.11. The monoisotopic (exact) mass is 296 g/mol. The highest BCUT2D eigenvalue weighted by Crippen LogP contribution is 2.13. The smallest absolute Gasteiger partial charge is 0.0195 e. The van der Waals surface area contributed by atoms with Crippen LogP contribution in [0, 0.1) is 0 Å². The molecule has 17 heavy (non-hydrogen) atoms. The first-order chi connectivity index (χ1) is 8.15. The van der Waals surface area contributed by atoms with Crippen molar-refractivity contribution in [1.29, 1.82) is 0 Å². The third-order valence-corrected chi connectivity index (χ3v) is 4.10. The van der Waals surface area contributed by atoms with Crippen LogP contribution in [-0.4, -0.2) is 49.1 Å². The molecule has 0 bridgehead atoms. The van der Waals surface area contributed by atoms with Crippen molar-refractivity contribution >= 4 is 15.9 Å². The van der Waals surface area contributed by atoms with Gasteiger partial charge in [-0.2, -0.15) is 0 Å². The number of nitrogens with zero attached hydrogens (tertiary/aromatic N) is 2. The molecule has 2 nitrogen and oxygen atoms in total. The Balaban J connectivity index is 1.83. The van der Waals surface area contributed by atoms with Crippen LogP contribution in [-0.2, 0) is 6.42 Å². The number of rotatable bonds is 3. The first kappa shape index (κ1) is 13.1. The highest BCUT2D eigenvalue weighted by molar-refractivity contribution is 9.10. The van der Waals surface area contributed by atoms with Gasteiger partial charge < -0.3 is 4.90 Å². The zero-order valence-electron chi connectivity index (χ0n) is 10.7. The predicted octanol–water partition coefficient (Wildman–Crippen LogP) is 2.63. The number of likely N-dealkylation sites (N-methyl/N-ethyl adjacent to an activating group) is 1. The molecule has 1 aromatic carbocycles. The normalized spacial score (nSPS) is 22.9. The van der Waals surface area contributed by atoms with Gasteiger partial charge in [-0.05, 0) is 38.1 Å². The fraction of sp³-hybridized carbons (Fsp3) is 0.571. The van der Waals surface area contributed by atoms with E-state index in [0.717, 1.165) is 10.9 Å². The van der Waals surface area contributed by atoms with Gasteiger partial charge in [0.2, 0.25) is 0 Å². The van der Waals surface area contributed by atoms with E-state index in [4.69, 9.17) is 0 Å². The van der Waals surface area contributed by atoms with Crippen molar-refractivity contribution in [2.45, 2.75) is 19.4 Å². The largest absolute Gasteiger partial charge is 0.304 e. The lowest BCUT2D eigenvalue weighted by Gasteiger charge is -2.38. The van der Waals surface area contributed by atoms with Crippen LogP contribution in [0.3, 0.4) is 0 Å². The van der Waals surface area contributed by atoms with Crippen molar-refractivity contribution in [2.24, 2.45) is 0 Å². The molecule has 0 N–H and O–H groups in total. The Morgan fingerprint density at radius 3 is 2.59 bits per heavy atom. The Labute approximate surface area is 113 Å². The van der Waals surface area contributed by atoms with E-state index in [1.165, 1.54) is 31.7 Å². The second-order valence-corrected chi connectivity index (χ2v) is 5.94. The van der Waals surface area contributed by atoms with Crippen molar-refractivity contribution < 1.29 is 0 Å². The zero-order chi connectivity index (χ0) is 12.3. The number of benzene rings is 1. The third kappa shape index (κ3) is 3.80. The fourth-order valence-corrected chi connectivity index (χ4v) is 2.70. The summed E-state index contributed by atoms with van der Waals surface area (Å²) in [7, 11) is 2.21. The van der Waals surface area contributed by atoms with Crippen LogP contribution in [0.2, 0.25) is 0 Å². The van der Waals surface area contributed by atoms with E-state index in [0.29, 0.717) is 6.04 Å². The number of halogens is 1. The summed E-state index contributed by atoms with van der Waals surface area (Å²) in [5.74, 6) is 0. The average Bonchev–Trinajstić information content (AvgIpc) is 2.30. The summed E-state index contributed by atoms with van der Waals surface area (Å²) in [6, 6.07) is 9.37. The van der Waals surface area contributed by atoms with Crippen molar-refractivity contribution in [3.63, 3.8) is 0 Å². The maximum atomic E-state index is 3.47. The molecule has 1 aromatic rings. The molecule has 0 aromatic heterocycles. The Hall–Kier alpha value is -0.380. The molecule has 3 heteroatoms. The molecule has 0 aliphatic carbocycles. The number of hydrogen-bond acceptors (Lipinski definition) is 2. The maximum absolute atomic E-state index is 3.47. The lowest BCUT2D eigenvalue weighted by molar-refractivity contribution is 0.101. The first-order valence-electron chi connectivity index (χ1n) is 6.32. The zero-order valence-corrected chi connectivity index (χ0v) is 12.3. The summed E-state index contributed by atoms with van der Waals surface area (Å²) < 4.78 is 1.16. The lowest BCUT2D eigenvalue weighted by Crippen LogP contribution is -2.50. The van der Waals surface area contributed by atoms with Crippen molar-refractivity contribution in [1.82, 2.24) is 9.80 Å². The molecule has 1 atom stereocenters. The standard InChI is InChI=1S/C14H21BrN2/c1-12-11-16(2)9-10-17(12)8-7-13-3-5-14(15)6-4-13/h3-6,12H,7-11H2,1-2H3. The summed E-state index contributed by atoms with van der Waals surface area (Å²) in [5.41, 5.74) is 1.43. The van der Waals surface area contributed by atoms with Crippen LogP contribution >= 0.6 is 15.9 Å². The van der Waals surface area contributed by atoms with E-state index in [1.54, 1.807) is 0 Å². The Kier molecular flexibility index (Phi) is 4.60. The molecule has 1 saturated heterocycles. The molecular formula is C14H21BrN2. The topological polar surface area (TPSA) is 6.48 Å². The quantitative estimate of drug-likeness (QED) is 0.846. The summed E-state index contributed by atoms with van der Waals surface area (Å²) in [4.78, 5) is 5.02. The van der Waals surface area contributed by atoms with Crippen LogP contribution in [0.15, 0.2) is 28.7 Å². The molecule has 0 amide bonds. The second kappa shape index (κ2) is 5.98. The van der Waals surface area contributed by atoms with Gasteiger partial charge >= 0.3 is 0 Å². The van der Waals surface area contributed by atoms with Gasteiger partial charge in [-0.3, -0.25) is 4.90 Å². The van der Waals surface area contributed by atoms with Gasteiger partial charge in [0.1, 0.15) is 0 Å². The highest BCUT2D eigenvalue weighted by atomic mass is 79.9. The van der Waals surface area contributed by atoms with Crippen molar-refractivity contribution in [3.8, 4) is 0 Å². The number of hydrogen-bond donors (Lipinski definition) is 0. The Morgan fingerprint density at radius 1 is 1.24 bits per heavy atom. The van der Waals surface area contributed by atoms with Gasteiger partial charge in [0.25, 0.3) is 0 Å². The van der Waals surface area contributed by atoms with Crippen molar-refractivity contribution in [2.75, 3.05) is 33.2 Å². The predicted molar refractivity (Wildman–Crippen MR) is 76.4 cm³/mol. The minimum absolute atomic E-state index is 0.684. The molecule has 94 valence electrons. The molecule has 1 fully saturated rings. The molecule has 1 unspecified atom stereocenters. The summed E-state index contributed by atoms with van der Waals surface area (Å²) >= 11 is 3.47. The van der Waals surface area contributed by atoms with E-state index in [1.807, 2.05) is 0 Å². The average molecular weight is 297 g/mol. The molecular weight excluding hydrogens is 276 g/mol. The molecule has 1 aliphatic heterocycles. The molecule has 2 rings (SSSR count). The summed E-state index contributed by atoms with van der Waals surface area (Å²) in [5, 5.41) is 0. The highest BCUT2D eigenvalue weighted by Gasteiger charge is 2.20. The van der Waals surface area contributed by atoms with Crippen molar-refractivity contribution in [3.05, 3.63) is 34.3 Å². The fourth-order valence-electron chi connectivity index (χ4n) is 2.43. The van der Waals surface area contributed by atoms with Gasteiger partial charge in [-0.25, -0.2) is 0 Å². The van der Waals surface area contributed by atoms with Gasteiger partial charge in [-0.15, -0.1) is 0 Å². The van der Waals surface area contributed by atoms with E-state index in [-0.39, 0.29) is 0 Å². The molecule has 0 saturated carbocycles. The van der Waals surface area contributed by atoms with Crippen LogP contribution in [0.5, 0.6) is 0 Å².